The fourth-order valence-electron chi connectivity index (χ4n) is 3.37. The van der Waals surface area contributed by atoms with Crippen LogP contribution in [0, 0.1) is 5.92 Å². The highest BCUT2D eigenvalue weighted by Gasteiger charge is 2.40. The normalized spacial score (nSPS) is 20.4. The van der Waals surface area contributed by atoms with Crippen LogP contribution >= 0.6 is 12.4 Å². The number of amides is 2. The molecule has 2 amide bonds. The zero-order chi connectivity index (χ0) is 17.0. The lowest BCUT2D eigenvalue weighted by Crippen LogP contribution is -2.59. The minimum Gasteiger partial charge on any atom is -0.381 e. The first-order chi connectivity index (χ1) is 11.6. The lowest BCUT2D eigenvalue weighted by atomic mass is 9.87. The number of piperidine rings is 1. The van der Waals surface area contributed by atoms with Gasteiger partial charge in [0.25, 0.3) is 0 Å². The largest absolute Gasteiger partial charge is 0.381 e. The second-order valence-corrected chi connectivity index (χ2v) is 6.69. The van der Waals surface area contributed by atoms with Gasteiger partial charge in [0.15, 0.2) is 0 Å². The Morgan fingerprint density at radius 3 is 2.32 bits per heavy atom. The highest BCUT2D eigenvalue weighted by Crippen LogP contribution is 2.25. The van der Waals surface area contributed by atoms with Gasteiger partial charge >= 0.3 is 0 Å². The van der Waals surface area contributed by atoms with Crippen molar-refractivity contribution in [1.29, 1.82) is 0 Å². The molecule has 2 heterocycles. The van der Waals surface area contributed by atoms with Crippen molar-refractivity contribution in [2.75, 3.05) is 31.6 Å². The van der Waals surface area contributed by atoms with Crippen molar-refractivity contribution in [3.8, 4) is 0 Å². The van der Waals surface area contributed by atoms with Gasteiger partial charge in [0.05, 0.1) is 5.54 Å². The number of carbonyl (C=O) groups is 2. The SMILES string of the molecule is Cl.NC1(C(=O)N2CCC(C(=O)Nc3ccccc3)CC2)CCOCC1. The number of halogens is 1. The van der Waals surface area contributed by atoms with Gasteiger partial charge in [-0.05, 0) is 37.8 Å². The molecule has 3 N–H and O–H groups in total. The minimum atomic E-state index is -0.794. The van der Waals surface area contributed by atoms with Crippen molar-refractivity contribution in [2.24, 2.45) is 11.7 Å². The van der Waals surface area contributed by atoms with Gasteiger partial charge in [-0.15, -0.1) is 12.4 Å². The highest BCUT2D eigenvalue weighted by atomic mass is 35.5. The topological polar surface area (TPSA) is 84.7 Å². The van der Waals surface area contributed by atoms with E-state index in [0.29, 0.717) is 52.0 Å². The average molecular weight is 368 g/mol. The van der Waals surface area contributed by atoms with Crippen LogP contribution in [-0.4, -0.2) is 48.6 Å². The predicted molar refractivity (Wildman–Crippen MR) is 98.6 cm³/mol. The molecule has 0 bridgehead atoms. The fourth-order valence-corrected chi connectivity index (χ4v) is 3.37. The first-order valence-corrected chi connectivity index (χ1v) is 8.60. The van der Waals surface area contributed by atoms with Crippen LogP contribution in [0.15, 0.2) is 30.3 Å². The number of anilines is 1. The molecule has 138 valence electrons. The molecule has 0 spiro atoms. The summed E-state index contributed by atoms with van der Waals surface area (Å²) in [6, 6.07) is 9.45. The molecular weight excluding hydrogens is 342 g/mol. The smallest absolute Gasteiger partial charge is 0.242 e. The molecule has 0 aliphatic carbocycles. The third-order valence-electron chi connectivity index (χ3n) is 5.01. The van der Waals surface area contributed by atoms with E-state index in [4.69, 9.17) is 10.5 Å². The highest BCUT2D eigenvalue weighted by molar-refractivity contribution is 5.93. The summed E-state index contributed by atoms with van der Waals surface area (Å²) >= 11 is 0. The summed E-state index contributed by atoms with van der Waals surface area (Å²) in [5, 5.41) is 2.94. The average Bonchev–Trinajstić information content (AvgIpc) is 2.63. The van der Waals surface area contributed by atoms with Crippen LogP contribution in [-0.2, 0) is 14.3 Å². The molecule has 2 fully saturated rings. The molecule has 0 atom stereocenters. The molecule has 1 aromatic carbocycles. The quantitative estimate of drug-likeness (QED) is 0.853. The Kier molecular flexibility index (Phi) is 6.81. The van der Waals surface area contributed by atoms with Crippen molar-refractivity contribution < 1.29 is 14.3 Å². The zero-order valence-corrected chi connectivity index (χ0v) is 15.1. The van der Waals surface area contributed by atoms with Crippen molar-refractivity contribution in [3.05, 3.63) is 30.3 Å². The van der Waals surface area contributed by atoms with Crippen LogP contribution in [0.25, 0.3) is 0 Å². The summed E-state index contributed by atoms with van der Waals surface area (Å²) in [5.74, 6) is -0.0211. The number of rotatable bonds is 3. The maximum atomic E-state index is 12.7. The Balaban J connectivity index is 0.00000225. The number of nitrogens with two attached hydrogens (primary N) is 1. The molecule has 2 aliphatic heterocycles. The maximum Gasteiger partial charge on any atom is 0.242 e. The molecule has 6 nitrogen and oxygen atoms in total. The number of carbonyl (C=O) groups excluding carboxylic acids is 2. The van der Waals surface area contributed by atoms with Crippen molar-refractivity contribution in [2.45, 2.75) is 31.2 Å². The lowest BCUT2D eigenvalue weighted by molar-refractivity contribution is -0.143. The van der Waals surface area contributed by atoms with Gasteiger partial charge in [0.2, 0.25) is 11.8 Å². The van der Waals surface area contributed by atoms with E-state index in [9.17, 15) is 9.59 Å². The second kappa shape index (κ2) is 8.65. The predicted octanol–water partition coefficient (Wildman–Crippen LogP) is 1.79. The van der Waals surface area contributed by atoms with Gasteiger partial charge in [-0.2, -0.15) is 0 Å². The van der Waals surface area contributed by atoms with E-state index < -0.39 is 5.54 Å². The molecular formula is C18H26ClN3O3. The summed E-state index contributed by atoms with van der Waals surface area (Å²) in [7, 11) is 0. The van der Waals surface area contributed by atoms with Gasteiger partial charge < -0.3 is 20.7 Å². The molecule has 3 rings (SSSR count). The second-order valence-electron chi connectivity index (χ2n) is 6.69. The first-order valence-electron chi connectivity index (χ1n) is 8.60. The standard InChI is InChI=1S/C18H25N3O3.ClH/c19-18(8-12-24-13-9-18)17(23)21-10-6-14(7-11-21)16(22)20-15-4-2-1-3-5-15;/h1-5,14H,6-13,19H2,(H,20,22);1H. The van der Waals surface area contributed by atoms with E-state index in [1.807, 2.05) is 35.2 Å². The molecule has 7 heteroatoms. The van der Waals surface area contributed by atoms with Gasteiger partial charge in [-0.1, -0.05) is 18.2 Å². The van der Waals surface area contributed by atoms with Crippen molar-refractivity contribution >= 4 is 29.9 Å². The van der Waals surface area contributed by atoms with Crippen LogP contribution < -0.4 is 11.1 Å². The Bertz CT molecular complexity index is 582. The van der Waals surface area contributed by atoms with Crippen LogP contribution in [0.3, 0.4) is 0 Å². The van der Waals surface area contributed by atoms with E-state index >= 15 is 0 Å². The number of nitrogens with one attached hydrogen (secondary N) is 1. The molecule has 0 aromatic heterocycles. The zero-order valence-electron chi connectivity index (χ0n) is 14.3. The maximum absolute atomic E-state index is 12.7. The number of nitrogens with zero attached hydrogens (tertiary/aromatic N) is 1. The summed E-state index contributed by atoms with van der Waals surface area (Å²) in [5.41, 5.74) is 6.29. The number of hydrogen-bond acceptors (Lipinski definition) is 4. The number of para-hydroxylation sites is 1. The van der Waals surface area contributed by atoms with Crippen LogP contribution in [0.1, 0.15) is 25.7 Å². The number of hydrogen-bond donors (Lipinski definition) is 2. The van der Waals surface area contributed by atoms with E-state index in [2.05, 4.69) is 5.32 Å². The van der Waals surface area contributed by atoms with Gasteiger partial charge in [-0.25, -0.2) is 0 Å². The third kappa shape index (κ3) is 4.71. The van der Waals surface area contributed by atoms with E-state index in [1.165, 1.54) is 0 Å². The lowest BCUT2D eigenvalue weighted by Gasteiger charge is -2.39. The third-order valence-corrected chi connectivity index (χ3v) is 5.01. The molecule has 0 unspecified atom stereocenters. The first kappa shape index (κ1) is 19.7. The molecule has 2 aliphatic rings. The Morgan fingerprint density at radius 1 is 1.12 bits per heavy atom. The van der Waals surface area contributed by atoms with E-state index in [0.717, 1.165) is 5.69 Å². The van der Waals surface area contributed by atoms with Crippen LogP contribution in [0.4, 0.5) is 5.69 Å². The van der Waals surface area contributed by atoms with Gasteiger partial charge in [0.1, 0.15) is 0 Å². The minimum absolute atomic E-state index is 0. The monoisotopic (exact) mass is 367 g/mol. The van der Waals surface area contributed by atoms with Crippen molar-refractivity contribution in [3.63, 3.8) is 0 Å². The fraction of sp³-hybridized carbons (Fsp3) is 0.556. The van der Waals surface area contributed by atoms with E-state index in [1.54, 1.807) is 0 Å². The van der Waals surface area contributed by atoms with Gasteiger partial charge in [0, 0.05) is 37.9 Å². The van der Waals surface area contributed by atoms with Crippen LogP contribution in [0.5, 0.6) is 0 Å². The summed E-state index contributed by atoms with van der Waals surface area (Å²) in [6.45, 7) is 2.26. The number of ether oxygens (including phenoxy) is 1. The summed E-state index contributed by atoms with van der Waals surface area (Å²) in [6.07, 6.45) is 2.49. The molecule has 1 aromatic rings. The Labute approximate surface area is 154 Å². The molecule has 0 radical (unpaired) electrons. The molecule has 25 heavy (non-hydrogen) atoms. The summed E-state index contributed by atoms with van der Waals surface area (Å²) < 4.78 is 5.30. The Hall–Kier alpha value is -1.63. The Morgan fingerprint density at radius 2 is 1.72 bits per heavy atom. The van der Waals surface area contributed by atoms with Gasteiger partial charge in [-0.3, -0.25) is 9.59 Å². The van der Waals surface area contributed by atoms with E-state index in [-0.39, 0.29) is 30.1 Å². The molecule has 2 saturated heterocycles. The summed E-state index contributed by atoms with van der Waals surface area (Å²) in [4.78, 5) is 26.9. The molecule has 0 saturated carbocycles. The number of benzene rings is 1. The van der Waals surface area contributed by atoms with Crippen LogP contribution in [0.2, 0.25) is 0 Å². The van der Waals surface area contributed by atoms with Crippen molar-refractivity contribution in [1.82, 2.24) is 4.90 Å². The number of likely N-dealkylation sites (tertiary alicyclic amines) is 1.